The van der Waals surface area contributed by atoms with E-state index in [1.54, 1.807) is 12.3 Å². The van der Waals surface area contributed by atoms with Crippen molar-refractivity contribution in [3.8, 4) is 11.5 Å². The summed E-state index contributed by atoms with van der Waals surface area (Å²) in [6, 6.07) is 9.36. The summed E-state index contributed by atoms with van der Waals surface area (Å²) in [5, 5.41) is 4.12. The van der Waals surface area contributed by atoms with E-state index >= 15 is 0 Å². The number of nitrogens with zero attached hydrogens (tertiary/aromatic N) is 2. The number of hydrazone groups is 1. The molecule has 1 fully saturated rings. The van der Waals surface area contributed by atoms with E-state index in [9.17, 15) is 4.79 Å². The summed E-state index contributed by atoms with van der Waals surface area (Å²) in [5.74, 6) is 0.878. The quantitative estimate of drug-likeness (QED) is 0.636. The number of ether oxygens (including phenoxy) is 3. The van der Waals surface area contributed by atoms with Crippen LogP contribution in [-0.4, -0.2) is 42.1 Å². The number of rotatable bonds is 5. The molecule has 1 aromatic carbocycles. The average Bonchev–Trinajstić information content (AvgIpc) is 3.31. The average molecular weight is 383 g/mol. The van der Waals surface area contributed by atoms with Crippen LogP contribution >= 0.6 is 0 Å². The molecule has 0 aliphatic carbocycles. The highest BCUT2D eigenvalue weighted by atomic mass is 16.6. The van der Waals surface area contributed by atoms with Crippen molar-refractivity contribution in [1.82, 2.24) is 9.99 Å². The fraction of sp³-hybridized carbons (Fsp3) is 0.429. The molecule has 1 N–H and O–H groups in total. The van der Waals surface area contributed by atoms with Crippen molar-refractivity contribution in [3.63, 3.8) is 0 Å². The molecule has 0 saturated carbocycles. The molecule has 2 aliphatic heterocycles. The lowest BCUT2D eigenvalue weighted by Crippen LogP contribution is -2.42. The van der Waals surface area contributed by atoms with Gasteiger partial charge in [-0.3, -0.25) is 4.79 Å². The zero-order valence-electron chi connectivity index (χ0n) is 16.2. The lowest BCUT2D eigenvalue weighted by molar-refractivity contribution is -0.130. The van der Waals surface area contributed by atoms with Crippen molar-refractivity contribution in [1.29, 1.82) is 0 Å². The molecule has 0 radical (unpaired) electrons. The van der Waals surface area contributed by atoms with Crippen molar-refractivity contribution in [2.45, 2.75) is 45.4 Å². The first kappa shape index (κ1) is 18.6. The summed E-state index contributed by atoms with van der Waals surface area (Å²) >= 11 is 0. The van der Waals surface area contributed by atoms with Gasteiger partial charge in [0.2, 0.25) is 6.10 Å². The molecule has 7 nitrogen and oxygen atoms in total. The number of nitrogens with one attached hydrogen (secondary N) is 1. The maximum absolute atomic E-state index is 12.3. The van der Waals surface area contributed by atoms with Gasteiger partial charge in [0.05, 0.1) is 12.3 Å². The van der Waals surface area contributed by atoms with Crippen LogP contribution in [0, 0.1) is 13.8 Å². The summed E-state index contributed by atoms with van der Waals surface area (Å²) in [4.78, 5) is 12.3. The van der Waals surface area contributed by atoms with Crippen molar-refractivity contribution < 1.29 is 19.0 Å². The minimum atomic E-state index is -0.723. The molecule has 28 heavy (non-hydrogen) atoms. The number of amides is 1. The lowest BCUT2D eigenvalue weighted by atomic mass is 10.2. The van der Waals surface area contributed by atoms with Crippen LogP contribution in [0.5, 0.6) is 11.5 Å². The van der Waals surface area contributed by atoms with E-state index in [0.29, 0.717) is 11.5 Å². The van der Waals surface area contributed by atoms with Gasteiger partial charge in [0.15, 0.2) is 11.5 Å². The zero-order chi connectivity index (χ0) is 19.5. The van der Waals surface area contributed by atoms with Gasteiger partial charge >= 0.3 is 0 Å². The number of hydrogen-bond acceptors (Lipinski definition) is 5. The van der Waals surface area contributed by atoms with Gasteiger partial charge in [0, 0.05) is 30.1 Å². The van der Waals surface area contributed by atoms with E-state index in [0.717, 1.165) is 42.9 Å². The number of aryl methyl sites for hydroxylation is 1. The van der Waals surface area contributed by atoms with Crippen LogP contribution in [0.4, 0.5) is 0 Å². The van der Waals surface area contributed by atoms with Gasteiger partial charge in [-0.1, -0.05) is 12.1 Å². The van der Waals surface area contributed by atoms with E-state index in [4.69, 9.17) is 14.2 Å². The molecule has 148 valence electrons. The maximum atomic E-state index is 12.3. The van der Waals surface area contributed by atoms with Crippen LogP contribution in [-0.2, 0) is 16.1 Å². The molecule has 1 aromatic heterocycles. The van der Waals surface area contributed by atoms with Crippen LogP contribution in [0.3, 0.4) is 0 Å². The Kier molecular flexibility index (Phi) is 5.34. The third-order valence-electron chi connectivity index (χ3n) is 5.20. The Balaban J connectivity index is 1.36. The molecule has 1 saturated heterocycles. The molecule has 0 spiro atoms. The largest absolute Gasteiger partial charge is 0.485 e. The molecule has 2 aromatic rings. The normalized spacial score (nSPS) is 21.2. The molecule has 2 atom stereocenters. The Bertz CT molecular complexity index is 884. The molecule has 2 aliphatic rings. The second-order valence-electron chi connectivity index (χ2n) is 7.17. The first-order valence-corrected chi connectivity index (χ1v) is 9.61. The molecule has 0 unspecified atom stereocenters. The first-order chi connectivity index (χ1) is 13.6. The molecule has 0 bridgehead atoms. The highest BCUT2D eigenvalue weighted by Gasteiger charge is 2.27. The van der Waals surface area contributed by atoms with Crippen LogP contribution < -0.4 is 14.9 Å². The SMILES string of the molecule is Cc1cc(/C=N\NC(=O)[C@H]2COc3ccccc3O2)c(C)n1C[C@H]1CCCO1. The number of benzene rings is 1. The Morgan fingerprint density at radius 2 is 2.14 bits per heavy atom. The molecule has 4 rings (SSSR count). The molecule has 3 heterocycles. The smallest absolute Gasteiger partial charge is 0.284 e. The monoisotopic (exact) mass is 383 g/mol. The summed E-state index contributed by atoms with van der Waals surface area (Å²) < 4.78 is 19.2. The van der Waals surface area contributed by atoms with Crippen LogP contribution in [0.1, 0.15) is 29.8 Å². The molecule has 1 amide bonds. The van der Waals surface area contributed by atoms with Gasteiger partial charge in [-0.25, -0.2) is 5.43 Å². The van der Waals surface area contributed by atoms with Gasteiger partial charge in [0.1, 0.15) is 6.61 Å². The van der Waals surface area contributed by atoms with Crippen molar-refractivity contribution in [2.24, 2.45) is 5.10 Å². The van der Waals surface area contributed by atoms with E-state index in [-0.39, 0.29) is 18.6 Å². The van der Waals surface area contributed by atoms with Crippen molar-refractivity contribution >= 4 is 12.1 Å². The van der Waals surface area contributed by atoms with Crippen LogP contribution in [0.2, 0.25) is 0 Å². The lowest BCUT2D eigenvalue weighted by Gasteiger charge is -2.24. The topological polar surface area (TPSA) is 74.1 Å². The Morgan fingerprint density at radius 3 is 2.93 bits per heavy atom. The second-order valence-corrected chi connectivity index (χ2v) is 7.17. The Labute approximate surface area is 164 Å². The van der Waals surface area contributed by atoms with Crippen LogP contribution in [0.25, 0.3) is 0 Å². The third kappa shape index (κ3) is 3.89. The van der Waals surface area contributed by atoms with Crippen molar-refractivity contribution in [3.05, 3.63) is 47.3 Å². The first-order valence-electron chi connectivity index (χ1n) is 9.61. The number of hydrogen-bond donors (Lipinski definition) is 1. The number of para-hydroxylation sites is 2. The standard InChI is InChI=1S/C21H25N3O4/c1-14-10-16(15(2)24(14)12-17-6-5-9-26-17)11-22-23-21(25)20-13-27-18-7-3-4-8-19(18)28-20/h3-4,7-8,10-11,17,20H,5-6,9,12-13H2,1-2H3,(H,23,25)/b22-11-/t17-,20-/m1/s1. The van der Waals surface area contributed by atoms with Gasteiger partial charge in [0.25, 0.3) is 5.91 Å². The minimum Gasteiger partial charge on any atom is -0.485 e. The maximum Gasteiger partial charge on any atom is 0.284 e. The van der Waals surface area contributed by atoms with Gasteiger partial charge in [-0.05, 0) is 44.9 Å². The zero-order valence-corrected chi connectivity index (χ0v) is 16.2. The number of fused-ring (bicyclic) bond motifs is 1. The van der Waals surface area contributed by atoms with E-state index in [1.807, 2.05) is 18.2 Å². The Morgan fingerprint density at radius 1 is 1.32 bits per heavy atom. The van der Waals surface area contributed by atoms with Gasteiger partial charge < -0.3 is 18.8 Å². The van der Waals surface area contributed by atoms with Crippen molar-refractivity contribution in [2.75, 3.05) is 13.2 Å². The molecule has 7 heteroatoms. The summed E-state index contributed by atoms with van der Waals surface area (Å²) in [7, 11) is 0. The second kappa shape index (κ2) is 8.06. The highest BCUT2D eigenvalue weighted by molar-refractivity contribution is 5.85. The summed E-state index contributed by atoms with van der Waals surface area (Å²) in [6.45, 7) is 5.99. The fourth-order valence-electron chi connectivity index (χ4n) is 3.62. The fourth-order valence-corrected chi connectivity index (χ4v) is 3.62. The molecular formula is C21H25N3O4. The number of carbonyl (C=O) groups is 1. The van der Waals surface area contributed by atoms with Gasteiger partial charge in [-0.15, -0.1) is 0 Å². The van der Waals surface area contributed by atoms with Crippen LogP contribution in [0.15, 0.2) is 35.4 Å². The number of aromatic nitrogens is 1. The summed E-state index contributed by atoms with van der Waals surface area (Å²) in [6.07, 6.45) is 3.45. The van der Waals surface area contributed by atoms with E-state index < -0.39 is 6.10 Å². The molecular weight excluding hydrogens is 358 g/mol. The predicted molar refractivity (Wildman–Crippen MR) is 105 cm³/mol. The van der Waals surface area contributed by atoms with E-state index in [2.05, 4.69) is 35.0 Å². The van der Waals surface area contributed by atoms with E-state index in [1.165, 1.54) is 0 Å². The van der Waals surface area contributed by atoms with Gasteiger partial charge in [-0.2, -0.15) is 5.10 Å². The summed E-state index contributed by atoms with van der Waals surface area (Å²) in [5.41, 5.74) is 5.79. The third-order valence-corrected chi connectivity index (χ3v) is 5.20. The number of carbonyl (C=O) groups excluding carboxylic acids is 1. The minimum absolute atomic E-state index is 0.161. The Hall–Kier alpha value is -2.80. The predicted octanol–water partition coefficient (Wildman–Crippen LogP) is 2.57. The highest BCUT2D eigenvalue weighted by Crippen LogP contribution is 2.30.